The van der Waals surface area contributed by atoms with Crippen molar-refractivity contribution in [2.45, 2.75) is 24.8 Å². The molecule has 7 heteroatoms. The van der Waals surface area contributed by atoms with Gasteiger partial charge in [-0.2, -0.15) is 0 Å². The Morgan fingerprint density at radius 2 is 1.75 bits per heavy atom. The average Bonchev–Trinajstić information content (AvgIpc) is 2.56. The van der Waals surface area contributed by atoms with Crippen LogP contribution in [0.3, 0.4) is 0 Å². The van der Waals surface area contributed by atoms with Crippen molar-refractivity contribution in [3.63, 3.8) is 0 Å². The van der Waals surface area contributed by atoms with E-state index in [1.54, 1.807) is 30.3 Å². The van der Waals surface area contributed by atoms with E-state index >= 15 is 0 Å². The highest BCUT2D eigenvalue weighted by atomic mass is 32.2. The SMILES string of the molecule is CNS(=O)(=O)c1cccc(C(=O)Nc2ccc(OC(C)C)cc2)c1. The van der Waals surface area contributed by atoms with Crippen molar-refractivity contribution in [1.82, 2.24) is 4.72 Å². The molecule has 2 rings (SSSR count). The maximum Gasteiger partial charge on any atom is 0.255 e. The van der Waals surface area contributed by atoms with Gasteiger partial charge in [-0.1, -0.05) is 6.07 Å². The summed E-state index contributed by atoms with van der Waals surface area (Å²) in [4.78, 5) is 12.3. The van der Waals surface area contributed by atoms with Crippen LogP contribution in [0, 0.1) is 0 Å². The third-order valence-corrected chi connectivity index (χ3v) is 4.57. The Labute approximate surface area is 141 Å². The van der Waals surface area contributed by atoms with Crippen molar-refractivity contribution in [1.29, 1.82) is 0 Å². The maximum absolute atomic E-state index is 12.3. The van der Waals surface area contributed by atoms with Gasteiger partial charge in [-0.05, 0) is 63.4 Å². The van der Waals surface area contributed by atoms with Crippen LogP contribution in [0.5, 0.6) is 5.75 Å². The van der Waals surface area contributed by atoms with Gasteiger partial charge in [0.1, 0.15) is 5.75 Å². The number of amides is 1. The largest absolute Gasteiger partial charge is 0.491 e. The third kappa shape index (κ3) is 4.56. The second-order valence-corrected chi connectivity index (χ2v) is 7.27. The molecule has 2 aromatic carbocycles. The van der Waals surface area contributed by atoms with Gasteiger partial charge < -0.3 is 10.1 Å². The third-order valence-electron chi connectivity index (χ3n) is 3.16. The molecule has 0 atom stereocenters. The quantitative estimate of drug-likeness (QED) is 0.840. The van der Waals surface area contributed by atoms with E-state index in [1.807, 2.05) is 13.8 Å². The zero-order valence-electron chi connectivity index (χ0n) is 13.7. The van der Waals surface area contributed by atoms with Crippen LogP contribution >= 0.6 is 0 Å². The molecule has 0 fully saturated rings. The van der Waals surface area contributed by atoms with Crippen molar-refractivity contribution >= 4 is 21.6 Å². The molecule has 0 aliphatic heterocycles. The lowest BCUT2D eigenvalue weighted by Crippen LogP contribution is -2.19. The Morgan fingerprint density at radius 3 is 2.33 bits per heavy atom. The number of carbonyl (C=O) groups is 1. The highest BCUT2D eigenvalue weighted by molar-refractivity contribution is 7.89. The predicted octanol–water partition coefficient (Wildman–Crippen LogP) is 2.63. The van der Waals surface area contributed by atoms with Gasteiger partial charge in [0, 0.05) is 11.3 Å². The zero-order valence-corrected chi connectivity index (χ0v) is 14.6. The van der Waals surface area contributed by atoms with Gasteiger partial charge in [0.05, 0.1) is 11.0 Å². The molecule has 2 aromatic rings. The van der Waals surface area contributed by atoms with E-state index in [0.29, 0.717) is 11.4 Å². The van der Waals surface area contributed by atoms with Crippen molar-refractivity contribution in [2.24, 2.45) is 0 Å². The molecule has 6 nitrogen and oxygen atoms in total. The summed E-state index contributed by atoms with van der Waals surface area (Å²) in [6, 6.07) is 12.8. The number of hydrogen-bond donors (Lipinski definition) is 2. The van der Waals surface area contributed by atoms with Gasteiger partial charge in [0.25, 0.3) is 5.91 Å². The lowest BCUT2D eigenvalue weighted by Gasteiger charge is -2.11. The number of ether oxygens (including phenoxy) is 1. The summed E-state index contributed by atoms with van der Waals surface area (Å²) >= 11 is 0. The summed E-state index contributed by atoms with van der Waals surface area (Å²) in [5, 5.41) is 2.73. The van der Waals surface area contributed by atoms with E-state index in [1.165, 1.54) is 25.2 Å². The molecule has 2 N–H and O–H groups in total. The van der Waals surface area contributed by atoms with Gasteiger partial charge in [-0.3, -0.25) is 4.79 Å². The number of anilines is 1. The molecule has 0 aliphatic rings. The second kappa shape index (κ2) is 7.46. The minimum Gasteiger partial charge on any atom is -0.491 e. The Kier molecular flexibility index (Phi) is 5.58. The standard InChI is InChI=1S/C17H20N2O4S/c1-12(2)23-15-9-7-14(8-10-15)19-17(20)13-5-4-6-16(11-13)24(21,22)18-3/h4-12,18H,1-3H3,(H,19,20). The number of benzene rings is 2. The van der Waals surface area contributed by atoms with Gasteiger partial charge >= 0.3 is 0 Å². The first kappa shape index (κ1) is 18.0. The summed E-state index contributed by atoms with van der Waals surface area (Å²) < 4.78 is 31.4. The van der Waals surface area contributed by atoms with Crippen molar-refractivity contribution < 1.29 is 17.9 Å². The van der Waals surface area contributed by atoms with Crippen LogP contribution in [0.2, 0.25) is 0 Å². The minimum absolute atomic E-state index is 0.0401. The Hall–Kier alpha value is -2.38. The molecular formula is C17H20N2O4S. The Morgan fingerprint density at radius 1 is 1.08 bits per heavy atom. The lowest BCUT2D eigenvalue weighted by molar-refractivity contribution is 0.102. The Bertz CT molecular complexity index is 815. The molecule has 0 bridgehead atoms. The van der Waals surface area contributed by atoms with Gasteiger partial charge in [0.2, 0.25) is 10.0 Å². The molecule has 128 valence electrons. The van der Waals surface area contributed by atoms with E-state index in [2.05, 4.69) is 10.0 Å². The van der Waals surface area contributed by atoms with E-state index in [4.69, 9.17) is 4.74 Å². The first-order valence-electron chi connectivity index (χ1n) is 7.43. The van der Waals surface area contributed by atoms with E-state index in [-0.39, 0.29) is 22.5 Å². The molecule has 24 heavy (non-hydrogen) atoms. The molecule has 0 aromatic heterocycles. The number of hydrogen-bond acceptors (Lipinski definition) is 4. The molecule has 0 saturated carbocycles. The van der Waals surface area contributed by atoms with Crippen LogP contribution in [0.4, 0.5) is 5.69 Å². The fourth-order valence-corrected chi connectivity index (χ4v) is 2.79. The fourth-order valence-electron chi connectivity index (χ4n) is 2.01. The van der Waals surface area contributed by atoms with Crippen molar-refractivity contribution in [3.8, 4) is 5.75 Å². The first-order valence-corrected chi connectivity index (χ1v) is 8.92. The summed E-state index contributed by atoms with van der Waals surface area (Å²) in [6.45, 7) is 3.86. The van der Waals surface area contributed by atoms with Gasteiger partial charge in [-0.15, -0.1) is 0 Å². The van der Waals surface area contributed by atoms with E-state index in [9.17, 15) is 13.2 Å². The number of nitrogens with one attached hydrogen (secondary N) is 2. The molecule has 0 unspecified atom stereocenters. The molecule has 0 aliphatic carbocycles. The fraction of sp³-hybridized carbons (Fsp3) is 0.235. The predicted molar refractivity (Wildman–Crippen MR) is 92.8 cm³/mol. The monoisotopic (exact) mass is 348 g/mol. The average molecular weight is 348 g/mol. The van der Waals surface area contributed by atoms with Gasteiger partial charge in [-0.25, -0.2) is 13.1 Å². The molecular weight excluding hydrogens is 328 g/mol. The van der Waals surface area contributed by atoms with Crippen LogP contribution in [-0.2, 0) is 10.0 Å². The van der Waals surface area contributed by atoms with Crippen LogP contribution in [0.1, 0.15) is 24.2 Å². The normalized spacial score (nSPS) is 11.3. The maximum atomic E-state index is 12.3. The minimum atomic E-state index is -3.59. The number of rotatable bonds is 6. The topological polar surface area (TPSA) is 84.5 Å². The highest BCUT2D eigenvalue weighted by Gasteiger charge is 2.14. The smallest absolute Gasteiger partial charge is 0.255 e. The van der Waals surface area contributed by atoms with Crippen molar-refractivity contribution in [3.05, 3.63) is 54.1 Å². The van der Waals surface area contributed by atoms with Crippen LogP contribution in [0.25, 0.3) is 0 Å². The molecule has 0 spiro atoms. The van der Waals surface area contributed by atoms with E-state index < -0.39 is 10.0 Å². The van der Waals surface area contributed by atoms with Gasteiger partial charge in [0.15, 0.2) is 0 Å². The summed E-state index contributed by atoms with van der Waals surface area (Å²) in [7, 11) is -2.27. The number of carbonyl (C=O) groups excluding carboxylic acids is 1. The summed E-state index contributed by atoms with van der Waals surface area (Å²) in [6.07, 6.45) is 0.0716. The molecule has 0 radical (unpaired) electrons. The lowest BCUT2D eigenvalue weighted by atomic mass is 10.2. The van der Waals surface area contributed by atoms with E-state index in [0.717, 1.165) is 0 Å². The summed E-state index contributed by atoms with van der Waals surface area (Å²) in [5.41, 5.74) is 0.854. The van der Waals surface area contributed by atoms with Crippen LogP contribution in [-0.4, -0.2) is 27.5 Å². The second-order valence-electron chi connectivity index (χ2n) is 5.38. The molecule has 0 saturated heterocycles. The Balaban J connectivity index is 2.14. The van der Waals surface area contributed by atoms with Crippen molar-refractivity contribution in [2.75, 3.05) is 12.4 Å². The van der Waals surface area contributed by atoms with Crippen LogP contribution < -0.4 is 14.8 Å². The first-order chi connectivity index (χ1) is 11.3. The number of sulfonamides is 1. The van der Waals surface area contributed by atoms with Crippen LogP contribution in [0.15, 0.2) is 53.4 Å². The highest BCUT2D eigenvalue weighted by Crippen LogP contribution is 2.18. The summed E-state index contributed by atoms with van der Waals surface area (Å²) in [5.74, 6) is 0.325. The molecule has 1 amide bonds. The molecule has 0 heterocycles. The zero-order chi connectivity index (χ0) is 17.7.